The molecule has 0 aliphatic heterocycles. The average molecular weight is 328 g/mol. The summed E-state index contributed by atoms with van der Waals surface area (Å²) in [5.74, 6) is -0.405. The number of rotatable bonds is 6. The van der Waals surface area contributed by atoms with E-state index in [4.69, 9.17) is 0 Å². The van der Waals surface area contributed by atoms with E-state index in [1.165, 1.54) is 18.2 Å². The van der Waals surface area contributed by atoms with Gasteiger partial charge in [-0.2, -0.15) is 0 Å². The molecule has 0 spiro atoms. The zero-order chi connectivity index (χ0) is 17.2. The Bertz CT molecular complexity index is 646. The summed E-state index contributed by atoms with van der Waals surface area (Å²) < 4.78 is 27.3. The van der Waals surface area contributed by atoms with Crippen LogP contribution in [0.2, 0.25) is 0 Å². The molecule has 6 nitrogen and oxygen atoms in total. The van der Waals surface area contributed by atoms with E-state index < -0.39 is 26.2 Å². The summed E-state index contributed by atoms with van der Waals surface area (Å²) in [6.07, 6.45) is 0.649. The van der Waals surface area contributed by atoms with Gasteiger partial charge in [0, 0.05) is 17.2 Å². The third kappa shape index (κ3) is 6.11. The van der Waals surface area contributed by atoms with Crippen molar-refractivity contribution in [2.45, 2.75) is 52.3 Å². The van der Waals surface area contributed by atoms with Gasteiger partial charge in [0.2, 0.25) is 10.0 Å². The van der Waals surface area contributed by atoms with Crippen LogP contribution in [0.1, 0.15) is 46.6 Å². The molecule has 0 saturated carbocycles. The standard InChI is InChI=1S/C15H24N2O4S/c1-14(2,3)11-15(4,5)16-22(20,21)10-12-8-6-7-9-13(12)17(18)19/h6-9,16H,10-11H2,1-5H3. The van der Waals surface area contributed by atoms with E-state index in [2.05, 4.69) is 4.72 Å². The number of nitro benzene ring substituents is 1. The molecule has 1 rings (SSSR count). The Morgan fingerprint density at radius 1 is 1.14 bits per heavy atom. The summed E-state index contributed by atoms with van der Waals surface area (Å²) in [5.41, 5.74) is -0.654. The molecule has 0 unspecified atom stereocenters. The largest absolute Gasteiger partial charge is 0.273 e. The van der Waals surface area contributed by atoms with Gasteiger partial charge in [-0.15, -0.1) is 0 Å². The smallest absolute Gasteiger partial charge is 0.258 e. The molecule has 0 radical (unpaired) electrons. The molecule has 22 heavy (non-hydrogen) atoms. The van der Waals surface area contributed by atoms with Crippen LogP contribution in [0.25, 0.3) is 0 Å². The maximum absolute atomic E-state index is 12.3. The van der Waals surface area contributed by atoms with Crippen molar-refractivity contribution >= 4 is 15.7 Å². The quantitative estimate of drug-likeness (QED) is 0.641. The van der Waals surface area contributed by atoms with Gasteiger partial charge < -0.3 is 0 Å². The fraction of sp³-hybridized carbons (Fsp3) is 0.600. The van der Waals surface area contributed by atoms with Gasteiger partial charge in [-0.25, -0.2) is 13.1 Å². The molecule has 0 fully saturated rings. The minimum atomic E-state index is -3.68. The van der Waals surface area contributed by atoms with Crippen LogP contribution in [0, 0.1) is 15.5 Å². The van der Waals surface area contributed by atoms with Crippen LogP contribution in [-0.2, 0) is 15.8 Å². The fourth-order valence-corrected chi connectivity index (χ4v) is 4.47. The fourth-order valence-electron chi connectivity index (χ4n) is 2.83. The summed E-state index contributed by atoms with van der Waals surface area (Å²) in [4.78, 5) is 10.4. The second kappa shape index (κ2) is 6.34. The minimum Gasteiger partial charge on any atom is -0.258 e. The molecule has 7 heteroatoms. The Morgan fingerprint density at radius 3 is 2.18 bits per heavy atom. The lowest BCUT2D eigenvalue weighted by Crippen LogP contribution is -2.46. The number of benzene rings is 1. The van der Waals surface area contributed by atoms with E-state index in [0.29, 0.717) is 6.42 Å². The van der Waals surface area contributed by atoms with Crippen LogP contribution < -0.4 is 4.72 Å². The first-order valence-electron chi connectivity index (χ1n) is 7.05. The third-order valence-electron chi connectivity index (χ3n) is 2.94. The molecular weight excluding hydrogens is 304 g/mol. The Labute approximate surface area is 132 Å². The van der Waals surface area contributed by atoms with Crippen LogP contribution in [0.4, 0.5) is 5.69 Å². The van der Waals surface area contributed by atoms with E-state index in [1.807, 2.05) is 34.6 Å². The number of hydrogen-bond acceptors (Lipinski definition) is 4. The van der Waals surface area contributed by atoms with Gasteiger partial charge in [-0.3, -0.25) is 10.1 Å². The van der Waals surface area contributed by atoms with Crippen LogP contribution in [0.3, 0.4) is 0 Å². The van der Waals surface area contributed by atoms with E-state index in [-0.39, 0.29) is 16.7 Å². The first-order chi connectivity index (χ1) is 9.81. The van der Waals surface area contributed by atoms with Crippen molar-refractivity contribution < 1.29 is 13.3 Å². The van der Waals surface area contributed by atoms with Crippen molar-refractivity contribution in [3.63, 3.8) is 0 Å². The molecule has 0 atom stereocenters. The van der Waals surface area contributed by atoms with Crippen molar-refractivity contribution in [1.29, 1.82) is 0 Å². The van der Waals surface area contributed by atoms with E-state index in [0.717, 1.165) is 0 Å². The summed E-state index contributed by atoms with van der Waals surface area (Å²) in [6.45, 7) is 9.73. The molecule has 0 heterocycles. The van der Waals surface area contributed by atoms with E-state index >= 15 is 0 Å². The Balaban J connectivity index is 2.96. The highest BCUT2D eigenvalue weighted by Gasteiger charge is 2.30. The zero-order valence-corrected chi connectivity index (χ0v) is 14.5. The summed E-state index contributed by atoms with van der Waals surface area (Å²) in [5, 5.41) is 11.0. The number of nitrogens with one attached hydrogen (secondary N) is 1. The van der Waals surface area contributed by atoms with Crippen LogP contribution in [-0.4, -0.2) is 18.9 Å². The number of nitro groups is 1. The Morgan fingerprint density at radius 2 is 1.68 bits per heavy atom. The molecule has 124 valence electrons. The second-order valence-corrected chi connectivity index (χ2v) is 9.09. The molecule has 1 aromatic carbocycles. The van der Waals surface area contributed by atoms with Gasteiger partial charge in [0.05, 0.1) is 10.7 Å². The van der Waals surface area contributed by atoms with Gasteiger partial charge in [0.15, 0.2) is 0 Å². The first kappa shape index (κ1) is 18.6. The number of nitrogens with zero attached hydrogens (tertiary/aromatic N) is 1. The maximum Gasteiger partial charge on any atom is 0.273 e. The second-order valence-electron chi connectivity index (χ2n) is 7.37. The topological polar surface area (TPSA) is 89.3 Å². The normalized spacial score (nSPS) is 13.1. The molecule has 0 aliphatic rings. The van der Waals surface area contributed by atoms with Gasteiger partial charge in [0.1, 0.15) is 0 Å². The number of para-hydroxylation sites is 1. The highest BCUT2D eigenvalue weighted by atomic mass is 32.2. The lowest BCUT2D eigenvalue weighted by atomic mass is 9.82. The van der Waals surface area contributed by atoms with Crippen molar-refractivity contribution in [3.05, 3.63) is 39.9 Å². The Hall–Kier alpha value is -1.47. The summed E-state index contributed by atoms with van der Waals surface area (Å²) >= 11 is 0. The van der Waals surface area contributed by atoms with Crippen LogP contribution in [0.15, 0.2) is 24.3 Å². The molecule has 0 amide bonds. The lowest BCUT2D eigenvalue weighted by Gasteiger charge is -2.32. The highest BCUT2D eigenvalue weighted by molar-refractivity contribution is 7.88. The lowest BCUT2D eigenvalue weighted by molar-refractivity contribution is -0.385. The monoisotopic (exact) mass is 328 g/mol. The molecule has 0 aliphatic carbocycles. The van der Waals surface area contributed by atoms with Gasteiger partial charge in [-0.1, -0.05) is 39.0 Å². The Kier molecular flexibility index (Phi) is 5.35. The average Bonchev–Trinajstić information content (AvgIpc) is 2.22. The number of sulfonamides is 1. The highest BCUT2D eigenvalue weighted by Crippen LogP contribution is 2.28. The number of hydrogen-bond donors (Lipinski definition) is 1. The van der Waals surface area contributed by atoms with Crippen LogP contribution >= 0.6 is 0 Å². The van der Waals surface area contributed by atoms with Crippen LogP contribution in [0.5, 0.6) is 0 Å². The summed E-state index contributed by atoms with van der Waals surface area (Å²) in [6, 6.07) is 5.89. The third-order valence-corrected chi connectivity index (χ3v) is 4.49. The zero-order valence-electron chi connectivity index (χ0n) is 13.7. The maximum atomic E-state index is 12.3. The molecule has 1 N–H and O–H groups in total. The van der Waals surface area contributed by atoms with Crippen molar-refractivity contribution in [1.82, 2.24) is 4.72 Å². The molecule has 0 saturated heterocycles. The van der Waals surface area contributed by atoms with Gasteiger partial charge in [0.25, 0.3) is 5.69 Å². The minimum absolute atomic E-state index is 0.0369. The van der Waals surface area contributed by atoms with Crippen molar-refractivity contribution in [2.24, 2.45) is 5.41 Å². The van der Waals surface area contributed by atoms with E-state index in [9.17, 15) is 18.5 Å². The molecular formula is C15H24N2O4S. The van der Waals surface area contributed by atoms with Gasteiger partial charge >= 0.3 is 0 Å². The van der Waals surface area contributed by atoms with Gasteiger partial charge in [-0.05, 0) is 25.7 Å². The SMILES string of the molecule is CC(C)(C)CC(C)(C)NS(=O)(=O)Cc1ccccc1[N+](=O)[O-]. The van der Waals surface area contributed by atoms with Crippen molar-refractivity contribution in [3.8, 4) is 0 Å². The molecule has 1 aromatic rings. The predicted molar refractivity (Wildman–Crippen MR) is 87.0 cm³/mol. The first-order valence-corrected chi connectivity index (χ1v) is 8.71. The molecule has 0 bridgehead atoms. The molecule has 0 aromatic heterocycles. The summed E-state index contributed by atoms with van der Waals surface area (Å²) in [7, 11) is -3.68. The van der Waals surface area contributed by atoms with Crippen molar-refractivity contribution in [2.75, 3.05) is 0 Å². The predicted octanol–water partition coefficient (Wildman–Crippen LogP) is 3.23. The van der Waals surface area contributed by atoms with E-state index in [1.54, 1.807) is 6.07 Å².